The summed E-state index contributed by atoms with van der Waals surface area (Å²) in [6, 6.07) is 2.29. The van der Waals surface area contributed by atoms with Crippen molar-refractivity contribution in [3.8, 4) is 12.5 Å². The Morgan fingerprint density at radius 3 is 2.38 bits per heavy atom. The predicted octanol–water partition coefficient (Wildman–Crippen LogP) is 4.53. The molecule has 0 bridgehead atoms. The standard InChI is InChI=1S/C20H25F3N2O/c1-7-10-17(12-14(4)20(21,22)23)13-25-19(26)15(5)18(11-8-2)16(6)24-9-3/h3,7,10,12,24H,4-5,8,11,13H2,1-2,6H3,(H,25,26)/b10-7-,17-12+,18-16-. The van der Waals surface area contributed by atoms with Crippen molar-refractivity contribution in [2.24, 2.45) is 0 Å². The molecule has 0 aliphatic rings. The number of amides is 1. The molecule has 1 amide bonds. The van der Waals surface area contributed by atoms with E-state index in [-0.39, 0.29) is 17.7 Å². The maximum atomic E-state index is 12.6. The average Bonchev–Trinajstić information content (AvgIpc) is 2.56. The monoisotopic (exact) mass is 366 g/mol. The number of carbonyl (C=O) groups excluding carboxylic acids is 1. The van der Waals surface area contributed by atoms with Crippen LogP contribution < -0.4 is 10.6 Å². The third-order valence-electron chi connectivity index (χ3n) is 3.41. The van der Waals surface area contributed by atoms with Crippen LogP contribution in [0.2, 0.25) is 0 Å². The van der Waals surface area contributed by atoms with Crippen LogP contribution in [0, 0.1) is 12.5 Å². The average molecular weight is 366 g/mol. The number of carbonyl (C=O) groups is 1. The number of hydrogen-bond acceptors (Lipinski definition) is 2. The van der Waals surface area contributed by atoms with Gasteiger partial charge in [0.15, 0.2) is 0 Å². The molecule has 0 aromatic carbocycles. The molecule has 0 atom stereocenters. The van der Waals surface area contributed by atoms with Gasteiger partial charge in [-0.3, -0.25) is 4.79 Å². The summed E-state index contributed by atoms with van der Waals surface area (Å²) in [6.45, 7) is 12.1. The molecule has 0 aromatic rings. The van der Waals surface area contributed by atoms with Crippen LogP contribution in [0.3, 0.4) is 0 Å². The van der Waals surface area contributed by atoms with Crippen molar-refractivity contribution in [1.29, 1.82) is 0 Å². The number of hydrogen-bond donors (Lipinski definition) is 2. The van der Waals surface area contributed by atoms with Gasteiger partial charge in [-0.2, -0.15) is 13.2 Å². The van der Waals surface area contributed by atoms with Gasteiger partial charge in [0.05, 0.1) is 0 Å². The lowest BCUT2D eigenvalue weighted by molar-refractivity contribution is -0.117. The molecule has 0 radical (unpaired) electrons. The molecule has 0 unspecified atom stereocenters. The van der Waals surface area contributed by atoms with Crippen molar-refractivity contribution < 1.29 is 18.0 Å². The fraction of sp³-hybridized carbons (Fsp3) is 0.350. The Labute approximate surface area is 153 Å². The molecule has 2 N–H and O–H groups in total. The van der Waals surface area contributed by atoms with E-state index in [1.165, 1.54) is 6.08 Å². The number of halogens is 3. The normalized spacial score (nSPS) is 13.0. The van der Waals surface area contributed by atoms with Gasteiger partial charge in [0.2, 0.25) is 0 Å². The van der Waals surface area contributed by atoms with E-state index in [4.69, 9.17) is 6.42 Å². The fourth-order valence-electron chi connectivity index (χ4n) is 2.10. The number of nitrogens with one attached hydrogen (secondary N) is 2. The summed E-state index contributed by atoms with van der Waals surface area (Å²) in [7, 11) is 0. The van der Waals surface area contributed by atoms with Gasteiger partial charge in [-0.1, -0.05) is 45.1 Å². The molecule has 0 aliphatic carbocycles. The van der Waals surface area contributed by atoms with Crippen LogP contribution in [0.1, 0.15) is 33.6 Å². The van der Waals surface area contributed by atoms with Gasteiger partial charge in [0.1, 0.15) is 0 Å². The molecule has 142 valence electrons. The summed E-state index contributed by atoms with van der Waals surface area (Å²) in [5.41, 5.74) is 0.833. The predicted molar refractivity (Wildman–Crippen MR) is 99.8 cm³/mol. The molecule has 0 saturated heterocycles. The molecule has 0 spiro atoms. The molecule has 0 aromatic heterocycles. The maximum Gasteiger partial charge on any atom is 0.415 e. The number of rotatable bonds is 9. The molecular formula is C20H25F3N2O. The molecule has 0 fully saturated rings. The minimum atomic E-state index is -4.52. The highest BCUT2D eigenvalue weighted by molar-refractivity contribution is 5.97. The first-order valence-corrected chi connectivity index (χ1v) is 8.06. The van der Waals surface area contributed by atoms with Gasteiger partial charge in [0, 0.05) is 29.4 Å². The second kappa shape index (κ2) is 11.0. The minimum Gasteiger partial charge on any atom is -0.348 e. The lowest BCUT2D eigenvalue weighted by atomic mass is 10.00. The van der Waals surface area contributed by atoms with Crippen LogP contribution >= 0.6 is 0 Å². The van der Waals surface area contributed by atoms with Crippen molar-refractivity contribution in [2.75, 3.05) is 6.54 Å². The summed E-state index contributed by atoms with van der Waals surface area (Å²) < 4.78 is 37.9. The zero-order valence-corrected chi connectivity index (χ0v) is 15.4. The smallest absolute Gasteiger partial charge is 0.348 e. The Morgan fingerprint density at radius 1 is 1.31 bits per heavy atom. The largest absolute Gasteiger partial charge is 0.415 e. The second-order valence-electron chi connectivity index (χ2n) is 5.53. The van der Waals surface area contributed by atoms with Crippen molar-refractivity contribution in [3.63, 3.8) is 0 Å². The van der Waals surface area contributed by atoms with Crippen LogP contribution in [0.4, 0.5) is 13.2 Å². The van der Waals surface area contributed by atoms with Crippen molar-refractivity contribution >= 4 is 5.91 Å². The van der Waals surface area contributed by atoms with Gasteiger partial charge in [0.25, 0.3) is 5.91 Å². The minimum absolute atomic E-state index is 0.0850. The first-order valence-electron chi connectivity index (χ1n) is 8.06. The van der Waals surface area contributed by atoms with Crippen LogP contribution in [0.5, 0.6) is 0 Å². The highest BCUT2D eigenvalue weighted by atomic mass is 19.4. The van der Waals surface area contributed by atoms with Crippen molar-refractivity contribution in [2.45, 2.75) is 39.8 Å². The summed E-state index contributed by atoms with van der Waals surface area (Å²) in [5.74, 6) is -0.473. The molecular weight excluding hydrogens is 341 g/mol. The molecule has 0 rings (SSSR count). The zero-order chi connectivity index (χ0) is 20.3. The van der Waals surface area contributed by atoms with Crippen LogP contribution in [-0.4, -0.2) is 18.6 Å². The van der Waals surface area contributed by atoms with E-state index in [9.17, 15) is 18.0 Å². The quantitative estimate of drug-likeness (QED) is 0.272. The first-order chi connectivity index (χ1) is 12.1. The molecule has 6 heteroatoms. The number of terminal acetylenes is 1. The Balaban J connectivity index is 5.27. The summed E-state index contributed by atoms with van der Waals surface area (Å²) >= 11 is 0. The second-order valence-corrected chi connectivity index (χ2v) is 5.53. The number of alkyl halides is 3. The summed E-state index contributed by atoms with van der Waals surface area (Å²) in [6.07, 6.45) is 6.03. The van der Waals surface area contributed by atoms with E-state index >= 15 is 0 Å². The summed E-state index contributed by atoms with van der Waals surface area (Å²) in [5, 5.41) is 5.28. The number of allylic oxidation sites excluding steroid dienone is 4. The van der Waals surface area contributed by atoms with Gasteiger partial charge in [-0.15, -0.1) is 0 Å². The van der Waals surface area contributed by atoms with Crippen molar-refractivity contribution in [3.05, 3.63) is 59.4 Å². The van der Waals surface area contributed by atoms with Gasteiger partial charge < -0.3 is 10.6 Å². The third kappa shape index (κ3) is 7.93. The van der Waals surface area contributed by atoms with Crippen LogP contribution in [0.25, 0.3) is 0 Å². The van der Waals surface area contributed by atoms with E-state index in [1.54, 1.807) is 19.9 Å². The van der Waals surface area contributed by atoms with Crippen molar-refractivity contribution in [1.82, 2.24) is 10.6 Å². The van der Waals surface area contributed by atoms with E-state index in [0.717, 1.165) is 12.5 Å². The van der Waals surface area contributed by atoms with E-state index in [0.29, 0.717) is 17.7 Å². The van der Waals surface area contributed by atoms with Crippen LogP contribution in [0.15, 0.2) is 59.4 Å². The SMILES string of the molecule is C#CN/C(C)=C(/CCC)C(=C)C(=O)NCC(/C=C\C)=C/C(=C)C(F)(F)F. The maximum absolute atomic E-state index is 12.6. The van der Waals surface area contributed by atoms with E-state index in [2.05, 4.69) is 29.8 Å². The highest BCUT2D eigenvalue weighted by Crippen LogP contribution is 2.26. The lowest BCUT2D eigenvalue weighted by Crippen LogP contribution is -2.28. The fourth-order valence-corrected chi connectivity index (χ4v) is 2.10. The topological polar surface area (TPSA) is 41.1 Å². The Kier molecular flexibility index (Phi) is 9.90. The lowest BCUT2D eigenvalue weighted by Gasteiger charge is -2.15. The van der Waals surface area contributed by atoms with E-state index < -0.39 is 17.7 Å². The first kappa shape index (κ1) is 23.3. The Bertz CT molecular complexity index is 674. The molecule has 0 heterocycles. The third-order valence-corrected chi connectivity index (χ3v) is 3.41. The van der Waals surface area contributed by atoms with Gasteiger partial charge in [-0.05, 0) is 37.5 Å². The van der Waals surface area contributed by atoms with Gasteiger partial charge in [-0.25, -0.2) is 0 Å². The molecule has 0 aliphatic heterocycles. The molecule has 26 heavy (non-hydrogen) atoms. The van der Waals surface area contributed by atoms with Crippen LogP contribution in [-0.2, 0) is 4.79 Å². The Morgan fingerprint density at radius 2 is 1.92 bits per heavy atom. The highest BCUT2D eigenvalue weighted by Gasteiger charge is 2.30. The Hall–Kier alpha value is -2.68. The molecule has 3 nitrogen and oxygen atoms in total. The van der Waals surface area contributed by atoms with Gasteiger partial charge >= 0.3 is 6.18 Å². The van der Waals surface area contributed by atoms with E-state index in [1.807, 2.05) is 6.92 Å². The zero-order valence-electron chi connectivity index (χ0n) is 15.4. The molecule has 0 saturated carbocycles. The summed E-state index contributed by atoms with van der Waals surface area (Å²) in [4.78, 5) is 12.3.